The third-order valence-corrected chi connectivity index (χ3v) is 5.33. The van der Waals surface area contributed by atoms with Crippen LogP contribution in [0.5, 0.6) is 0 Å². The second kappa shape index (κ2) is 8.98. The molecule has 1 N–H and O–H groups in total. The molecule has 0 radical (unpaired) electrons. The van der Waals surface area contributed by atoms with Crippen LogP contribution < -0.4 is 5.32 Å². The van der Waals surface area contributed by atoms with Crippen molar-refractivity contribution in [2.24, 2.45) is 0 Å². The average molecular weight is 405 g/mol. The van der Waals surface area contributed by atoms with Crippen molar-refractivity contribution in [2.75, 3.05) is 18.4 Å². The number of halogens is 1. The second-order valence-electron chi connectivity index (χ2n) is 7.58. The minimum atomic E-state index is -0.287. The third-order valence-electron chi connectivity index (χ3n) is 5.33. The molecule has 0 aliphatic carbocycles. The number of carbonyl (C=O) groups excluding carboxylic acids is 1. The Morgan fingerprint density at radius 1 is 1.13 bits per heavy atom. The van der Waals surface area contributed by atoms with Gasteiger partial charge < -0.3 is 10.2 Å². The smallest absolute Gasteiger partial charge is 0.227 e. The van der Waals surface area contributed by atoms with E-state index in [-0.39, 0.29) is 11.7 Å². The van der Waals surface area contributed by atoms with Gasteiger partial charge in [0, 0.05) is 48.5 Å². The first-order chi connectivity index (χ1) is 14.6. The van der Waals surface area contributed by atoms with Crippen molar-refractivity contribution >= 4 is 17.5 Å². The van der Waals surface area contributed by atoms with E-state index in [1.54, 1.807) is 30.6 Å². The Kier molecular flexibility index (Phi) is 5.97. The van der Waals surface area contributed by atoms with Crippen LogP contribution in [-0.2, 0) is 11.2 Å². The predicted molar refractivity (Wildman–Crippen MR) is 113 cm³/mol. The maximum Gasteiger partial charge on any atom is 0.227 e. The van der Waals surface area contributed by atoms with Crippen LogP contribution in [0.1, 0.15) is 35.7 Å². The quantitative estimate of drug-likeness (QED) is 0.694. The first kappa shape index (κ1) is 19.9. The fourth-order valence-corrected chi connectivity index (χ4v) is 3.78. The number of piperidine rings is 1. The monoisotopic (exact) mass is 405 g/mol. The number of likely N-dealkylation sites (tertiary alicyclic amines) is 1. The summed E-state index contributed by atoms with van der Waals surface area (Å²) in [5, 5.41) is 3.23. The van der Waals surface area contributed by atoms with Crippen LogP contribution in [-0.4, -0.2) is 38.8 Å². The van der Waals surface area contributed by atoms with Crippen LogP contribution in [0.25, 0.3) is 0 Å². The van der Waals surface area contributed by atoms with E-state index in [0.29, 0.717) is 31.4 Å². The summed E-state index contributed by atoms with van der Waals surface area (Å²) in [5.74, 6) is 0.651. The van der Waals surface area contributed by atoms with Crippen LogP contribution in [0.2, 0.25) is 0 Å². The molecule has 6 nitrogen and oxygen atoms in total. The number of pyridine rings is 1. The zero-order valence-corrected chi connectivity index (χ0v) is 16.9. The SMILES string of the molecule is Cc1cc(Nc2ncccn2)cc(C2CCN(C(=O)Cc3ccc(F)cc3)CC2)n1. The molecule has 1 saturated heterocycles. The largest absolute Gasteiger partial charge is 0.342 e. The minimum Gasteiger partial charge on any atom is -0.342 e. The molecule has 0 bridgehead atoms. The van der Waals surface area contributed by atoms with Crippen LogP contribution >= 0.6 is 0 Å². The van der Waals surface area contributed by atoms with Gasteiger partial charge in [-0.1, -0.05) is 12.1 Å². The number of nitrogens with zero attached hydrogens (tertiary/aromatic N) is 4. The second-order valence-corrected chi connectivity index (χ2v) is 7.58. The predicted octanol–water partition coefficient (Wildman–Crippen LogP) is 4.01. The summed E-state index contributed by atoms with van der Waals surface area (Å²) in [4.78, 5) is 27.6. The van der Waals surface area contributed by atoms with E-state index in [2.05, 4.69) is 15.3 Å². The molecule has 1 aliphatic heterocycles. The summed E-state index contributed by atoms with van der Waals surface area (Å²) in [6, 6.07) is 11.9. The molecule has 2 aromatic heterocycles. The average Bonchev–Trinajstić information content (AvgIpc) is 2.76. The topological polar surface area (TPSA) is 71.0 Å². The Morgan fingerprint density at radius 2 is 1.83 bits per heavy atom. The van der Waals surface area contributed by atoms with Gasteiger partial charge in [-0.3, -0.25) is 9.78 Å². The highest BCUT2D eigenvalue weighted by Gasteiger charge is 2.25. The molecule has 1 aromatic carbocycles. The molecule has 0 spiro atoms. The van der Waals surface area contributed by atoms with E-state index in [0.717, 1.165) is 35.5 Å². The normalized spacial score (nSPS) is 14.5. The summed E-state index contributed by atoms with van der Waals surface area (Å²) in [7, 11) is 0. The Balaban J connectivity index is 1.37. The summed E-state index contributed by atoms with van der Waals surface area (Å²) in [6.07, 6.45) is 5.44. The lowest BCUT2D eigenvalue weighted by Gasteiger charge is -2.32. The third kappa shape index (κ3) is 4.97. The summed E-state index contributed by atoms with van der Waals surface area (Å²) >= 11 is 0. The Morgan fingerprint density at radius 3 is 2.53 bits per heavy atom. The molecule has 0 unspecified atom stereocenters. The molecular formula is C23H24FN5O. The van der Waals surface area contributed by atoms with Gasteiger partial charge >= 0.3 is 0 Å². The molecule has 7 heteroatoms. The van der Waals surface area contributed by atoms with Crippen LogP contribution in [0.15, 0.2) is 54.9 Å². The van der Waals surface area contributed by atoms with E-state index in [4.69, 9.17) is 4.98 Å². The molecule has 0 saturated carbocycles. The lowest BCUT2D eigenvalue weighted by Crippen LogP contribution is -2.39. The molecule has 30 heavy (non-hydrogen) atoms. The lowest BCUT2D eigenvalue weighted by atomic mass is 9.92. The number of aryl methyl sites for hydroxylation is 1. The van der Waals surface area contributed by atoms with E-state index in [1.807, 2.05) is 24.0 Å². The molecule has 1 fully saturated rings. The van der Waals surface area contributed by atoms with Gasteiger partial charge in [0.1, 0.15) is 5.82 Å². The van der Waals surface area contributed by atoms with Gasteiger partial charge in [0.25, 0.3) is 0 Å². The molecule has 4 rings (SSSR count). The van der Waals surface area contributed by atoms with E-state index < -0.39 is 0 Å². The number of benzene rings is 1. The number of anilines is 2. The number of rotatable bonds is 5. The molecule has 0 atom stereocenters. The zero-order chi connectivity index (χ0) is 20.9. The zero-order valence-electron chi connectivity index (χ0n) is 16.9. The lowest BCUT2D eigenvalue weighted by molar-refractivity contribution is -0.131. The van der Waals surface area contributed by atoms with Crippen molar-refractivity contribution in [1.82, 2.24) is 19.9 Å². The number of amides is 1. The van der Waals surface area contributed by atoms with Gasteiger partial charge in [-0.25, -0.2) is 14.4 Å². The number of aromatic nitrogens is 3. The summed E-state index contributed by atoms with van der Waals surface area (Å²) < 4.78 is 13.0. The highest BCUT2D eigenvalue weighted by Crippen LogP contribution is 2.29. The van der Waals surface area contributed by atoms with E-state index in [1.165, 1.54) is 12.1 Å². The standard InChI is InChI=1S/C23H24FN5O/c1-16-13-20(28-23-25-9-2-10-26-23)15-21(27-16)18-7-11-29(12-8-18)22(30)14-17-3-5-19(24)6-4-17/h2-6,9-10,13,15,18H,7-8,11-12,14H2,1H3,(H,25,26,27,28). The van der Waals surface area contributed by atoms with Gasteiger partial charge in [0.15, 0.2) is 0 Å². The Labute approximate surface area is 175 Å². The van der Waals surface area contributed by atoms with Gasteiger partial charge in [0.2, 0.25) is 11.9 Å². The molecule has 1 amide bonds. The fourth-order valence-electron chi connectivity index (χ4n) is 3.78. The number of hydrogen-bond acceptors (Lipinski definition) is 5. The van der Waals surface area contributed by atoms with Gasteiger partial charge in [-0.15, -0.1) is 0 Å². The van der Waals surface area contributed by atoms with Crippen molar-refractivity contribution < 1.29 is 9.18 Å². The van der Waals surface area contributed by atoms with Gasteiger partial charge in [0.05, 0.1) is 6.42 Å². The molecule has 3 heterocycles. The van der Waals surface area contributed by atoms with Gasteiger partial charge in [-0.05, 0) is 55.7 Å². The van der Waals surface area contributed by atoms with Crippen molar-refractivity contribution in [3.8, 4) is 0 Å². The number of hydrogen-bond donors (Lipinski definition) is 1. The van der Waals surface area contributed by atoms with Gasteiger partial charge in [-0.2, -0.15) is 0 Å². The van der Waals surface area contributed by atoms with Crippen LogP contribution in [0.4, 0.5) is 16.0 Å². The molecule has 154 valence electrons. The van der Waals surface area contributed by atoms with Crippen LogP contribution in [0.3, 0.4) is 0 Å². The van der Waals surface area contributed by atoms with E-state index >= 15 is 0 Å². The first-order valence-electron chi connectivity index (χ1n) is 10.1. The van der Waals surface area contributed by atoms with Crippen LogP contribution in [0, 0.1) is 12.7 Å². The van der Waals surface area contributed by atoms with Crippen molar-refractivity contribution in [3.63, 3.8) is 0 Å². The Bertz CT molecular complexity index is 1000. The van der Waals surface area contributed by atoms with Crippen molar-refractivity contribution in [1.29, 1.82) is 0 Å². The fraction of sp³-hybridized carbons (Fsp3) is 0.304. The molecule has 1 aliphatic rings. The minimum absolute atomic E-state index is 0.0841. The molecular weight excluding hydrogens is 381 g/mol. The maximum atomic E-state index is 13.0. The number of nitrogens with one attached hydrogen (secondary N) is 1. The summed E-state index contributed by atoms with van der Waals surface area (Å²) in [5.41, 5.74) is 3.71. The number of carbonyl (C=O) groups is 1. The molecule has 3 aromatic rings. The highest BCUT2D eigenvalue weighted by molar-refractivity contribution is 5.78. The first-order valence-corrected chi connectivity index (χ1v) is 10.1. The summed E-state index contributed by atoms with van der Waals surface area (Å²) in [6.45, 7) is 3.37. The Hall–Kier alpha value is -3.35. The van der Waals surface area contributed by atoms with E-state index in [9.17, 15) is 9.18 Å². The highest BCUT2D eigenvalue weighted by atomic mass is 19.1. The van der Waals surface area contributed by atoms with Crippen molar-refractivity contribution in [3.05, 3.63) is 77.6 Å². The maximum absolute atomic E-state index is 13.0. The van der Waals surface area contributed by atoms with Crippen molar-refractivity contribution in [2.45, 2.75) is 32.1 Å².